The van der Waals surface area contributed by atoms with E-state index in [4.69, 9.17) is 5.26 Å². The van der Waals surface area contributed by atoms with Crippen LogP contribution in [0.4, 0.5) is 0 Å². The number of hydrogen-bond donors (Lipinski definition) is 1. The van der Waals surface area contributed by atoms with Gasteiger partial charge in [0, 0.05) is 13.1 Å². The summed E-state index contributed by atoms with van der Waals surface area (Å²) in [5, 5.41) is 12.1. The van der Waals surface area contributed by atoms with Crippen molar-refractivity contribution in [1.82, 2.24) is 10.2 Å². The van der Waals surface area contributed by atoms with Gasteiger partial charge in [-0.1, -0.05) is 6.92 Å². The van der Waals surface area contributed by atoms with Crippen LogP contribution in [0, 0.1) is 23.2 Å². The number of nitrogens with zero attached hydrogens (tertiary/aromatic N) is 2. The average Bonchev–Trinajstić information content (AvgIpc) is 2.81. The molecule has 0 amide bonds. The van der Waals surface area contributed by atoms with Crippen LogP contribution in [0.1, 0.15) is 20.3 Å². The van der Waals surface area contributed by atoms with E-state index in [2.05, 4.69) is 30.3 Å². The highest BCUT2D eigenvalue weighted by Crippen LogP contribution is 2.38. The topological polar surface area (TPSA) is 39.1 Å². The average molecular weight is 195 g/mol. The molecular formula is C11H21N3. The van der Waals surface area contributed by atoms with Crippen molar-refractivity contribution in [3.63, 3.8) is 0 Å². The lowest BCUT2D eigenvalue weighted by Crippen LogP contribution is -2.48. The van der Waals surface area contributed by atoms with Crippen molar-refractivity contribution in [2.24, 2.45) is 11.8 Å². The van der Waals surface area contributed by atoms with Gasteiger partial charge in [0.25, 0.3) is 0 Å². The van der Waals surface area contributed by atoms with Gasteiger partial charge in [-0.05, 0) is 39.3 Å². The number of nitrogens with one attached hydrogen (secondary N) is 1. The number of likely N-dealkylation sites (N-methyl/N-ethyl adjacent to an activating group) is 2. The number of hydrogen-bond acceptors (Lipinski definition) is 3. The predicted octanol–water partition coefficient (Wildman–Crippen LogP) is 1.08. The molecule has 0 aromatic carbocycles. The Kier molecular flexibility index (Phi) is 3.52. The molecule has 1 N–H and O–H groups in total. The van der Waals surface area contributed by atoms with Crippen molar-refractivity contribution in [2.75, 3.05) is 27.2 Å². The minimum absolute atomic E-state index is 0.410. The van der Waals surface area contributed by atoms with Gasteiger partial charge in [-0.15, -0.1) is 0 Å². The highest BCUT2D eigenvalue weighted by Gasteiger charge is 2.34. The van der Waals surface area contributed by atoms with Crippen LogP contribution in [0.5, 0.6) is 0 Å². The second kappa shape index (κ2) is 4.29. The monoisotopic (exact) mass is 195 g/mol. The molecule has 0 aromatic heterocycles. The van der Waals surface area contributed by atoms with Gasteiger partial charge in [0.2, 0.25) is 0 Å². The summed E-state index contributed by atoms with van der Waals surface area (Å²) < 4.78 is 0. The summed E-state index contributed by atoms with van der Waals surface area (Å²) in [5.41, 5.74) is -0.410. The predicted molar refractivity (Wildman–Crippen MR) is 57.8 cm³/mol. The van der Waals surface area contributed by atoms with Crippen LogP contribution in [0.3, 0.4) is 0 Å². The Morgan fingerprint density at radius 3 is 2.57 bits per heavy atom. The van der Waals surface area contributed by atoms with Crippen molar-refractivity contribution >= 4 is 0 Å². The fraction of sp³-hybridized carbons (Fsp3) is 0.909. The third kappa shape index (κ3) is 2.97. The summed E-state index contributed by atoms with van der Waals surface area (Å²) in [4.78, 5) is 2.26. The lowest BCUT2D eigenvalue weighted by Gasteiger charge is -2.27. The van der Waals surface area contributed by atoms with Gasteiger partial charge in [0.1, 0.15) is 5.54 Å². The van der Waals surface area contributed by atoms with Crippen LogP contribution in [-0.4, -0.2) is 37.6 Å². The molecule has 0 heterocycles. The molecule has 3 atom stereocenters. The minimum Gasteiger partial charge on any atom is -0.303 e. The van der Waals surface area contributed by atoms with Crippen molar-refractivity contribution in [3.8, 4) is 6.07 Å². The van der Waals surface area contributed by atoms with Crippen LogP contribution in [0.25, 0.3) is 0 Å². The zero-order valence-corrected chi connectivity index (χ0v) is 9.67. The Bertz CT molecular complexity index is 233. The summed E-state index contributed by atoms with van der Waals surface area (Å²) in [6, 6.07) is 2.31. The number of rotatable bonds is 5. The van der Waals surface area contributed by atoms with E-state index >= 15 is 0 Å². The molecular weight excluding hydrogens is 174 g/mol. The maximum atomic E-state index is 9.00. The van der Waals surface area contributed by atoms with Gasteiger partial charge >= 0.3 is 0 Å². The van der Waals surface area contributed by atoms with Crippen LogP contribution in [0.15, 0.2) is 0 Å². The molecule has 3 unspecified atom stereocenters. The van der Waals surface area contributed by atoms with Crippen molar-refractivity contribution in [1.29, 1.82) is 5.26 Å². The molecule has 80 valence electrons. The van der Waals surface area contributed by atoms with E-state index in [1.807, 2.05) is 14.0 Å². The molecule has 0 aliphatic heterocycles. The van der Waals surface area contributed by atoms with E-state index in [1.54, 1.807) is 0 Å². The molecule has 14 heavy (non-hydrogen) atoms. The quantitative estimate of drug-likeness (QED) is 0.713. The molecule has 1 aliphatic rings. The summed E-state index contributed by atoms with van der Waals surface area (Å²) >= 11 is 0. The van der Waals surface area contributed by atoms with Crippen LogP contribution < -0.4 is 5.32 Å². The SMILES string of the molecule is CNC(C)(C#N)CN(C)CC1CC1C. The zero-order chi connectivity index (χ0) is 10.8. The maximum Gasteiger partial charge on any atom is 0.116 e. The number of nitriles is 1. The van der Waals surface area contributed by atoms with Gasteiger partial charge < -0.3 is 10.2 Å². The van der Waals surface area contributed by atoms with Crippen LogP contribution in [-0.2, 0) is 0 Å². The van der Waals surface area contributed by atoms with E-state index in [0.717, 1.165) is 24.9 Å². The third-order valence-electron chi connectivity index (χ3n) is 3.21. The smallest absolute Gasteiger partial charge is 0.116 e. The first-order valence-electron chi connectivity index (χ1n) is 5.29. The first kappa shape index (κ1) is 11.5. The minimum atomic E-state index is -0.410. The molecule has 3 heteroatoms. The Hall–Kier alpha value is -0.590. The fourth-order valence-corrected chi connectivity index (χ4v) is 1.83. The maximum absolute atomic E-state index is 9.00. The molecule has 0 bridgehead atoms. The van der Waals surface area contributed by atoms with Crippen molar-refractivity contribution in [3.05, 3.63) is 0 Å². The third-order valence-corrected chi connectivity index (χ3v) is 3.21. The lowest BCUT2D eigenvalue weighted by atomic mass is 10.0. The normalized spacial score (nSPS) is 29.7. The van der Waals surface area contributed by atoms with Gasteiger partial charge in [-0.2, -0.15) is 5.26 Å². The molecule has 1 fully saturated rings. The molecule has 0 spiro atoms. The van der Waals surface area contributed by atoms with Gasteiger partial charge in [-0.25, -0.2) is 0 Å². The van der Waals surface area contributed by atoms with Crippen LogP contribution >= 0.6 is 0 Å². The fourth-order valence-electron chi connectivity index (χ4n) is 1.83. The van der Waals surface area contributed by atoms with Gasteiger partial charge in [0.05, 0.1) is 6.07 Å². The van der Waals surface area contributed by atoms with Gasteiger partial charge in [-0.3, -0.25) is 0 Å². The molecule has 1 saturated carbocycles. The summed E-state index contributed by atoms with van der Waals surface area (Å²) in [6.07, 6.45) is 1.35. The Balaban J connectivity index is 2.32. The molecule has 1 rings (SSSR count). The van der Waals surface area contributed by atoms with Gasteiger partial charge in [0.15, 0.2) is 0 Å². The molecule has 3 nitrogen and oxygen atoms in total. The van der Waals surface area contributed by atoms with E-state index in [1.165, 1.54) is 6.42 Å². The van der Waals surface area contributed by atoms with Crippen LogP contribution in [0.2, 0.25) is 0 Å². The summed E-state index contributed by atoms with van der Waals surface area (Å²) in [7, 11) is 3.94. The van der Waals surface area contributed by atoms with E-state index in [9.17, 15) is 0 Å². The highest BCUT2D eigenvalue weighted by molar-refractivity contribution is 5.05. The Morgan fingerprint density at radius 2 is 2.21 bits per heavy atom. The van der Waals surface area contributed by atoms with Crippen molar-refractivity contribution < 1.29 is 0 Å². The Labute approximate surface area is 87.1 Å². The Morgan fingerprint density at radius 1 is 1.64 bits per heavy atom. The largest absolute Gasteiger partial charge is 0.303 e. The van der Waals surface area contributed by atoms with E-state index in [0.29, 0.717) is 0 Å². The van der Waals surface area contributed by atoms with E-state index in [-0.39, 0.29) is 0 Å². The first-order valence-corrected chi connectivity index (χ1v) is 5.29. The molecule has 0 aromatic rings. The standard InChI is InChI=1S/C11H21N3/c1-9-5-10(9)6-14(4)8-11(2,7-12)13-3/h9-10,13H,5-6,8H2,1-4H3. The highest BCUT2D eigenvalue weighted by atomic mass is 15.1. The molecule has 0 radical (unpaired) electrons. The lowest BCUT2D eigenvalue weighted by molar-refractivity contribution is 0.256. The first-order chi connectivity index (χ1) is 6.50. The molecule has 0 saturated heterocycles. The second-order valence-electron chi connectivity index (χ2n) is 4.86. The molecule has 1 aliphatic carbocycles. The zero-order valence-electron chi connectivity index (χ0n) is 9.67. The van der Waals surface area contributed by atoms with Crippen molar-refractivity contribution in [2.45, 2.75) is 25.8 Å². The second-order valence-corrected chi connectivity index (χ2v) is 4.86. The summed E-state index contributed by atoms with van der Waals surface area (Å²) in [5.74, 6) is 1.75. The van der Waals surface area contributed by atoms with E-state index < -0.39 is 5.54 Å². The summed E-state index contributed by atoms with van der Waals surface area (Å²) in [6.45, 7) is 6.16.